The molecule has 0 bridgehead atoms. The molecule has 1 aliphatic rings. The molecule has 1 aromatic heterocycles. The number of rotatable bonds is 5. The van der Waals surface area contributed by atoms with E-state index in [1.807, 2.05) is 0 Å². The lowest BCUT2D eigenvalue weighted by Gasteiger charge is -2.09. The van der Waals surface area contributed by atoms with Gasteiger partial charge in [0.05, 0.1) is 0 Å². The summed E-state index contributed by atoms with van der Waals surface area (Å²) in [7, 11) is 0. The summed E-state index contributed by atoms with van der Waals surface area (Å²) in [5.41, 5.74) is 0.283. The molecule has 148 valence electrons. The minimum absolute atomic E-state index is 0.0546. The topological polar surface area (TPSA) is 124 Å². The number of fused-ring (bicyclic) bond motifs is 2. The third-order valence-electron chi connectivity index (χ3n) is 4.23. The van der Waals surface area contributed by atoms with Gasteiger partial charge in [0.25, 0.3) is 5.91 Å². The van der Waals surface area contributed by atoms with Crippen LogP contribution >= 0.6 is 0 Å². The third kappa shape index (κ3) is 3.98. The van der Waals surface area contributed by atoms with E-state index in [0.29, 0.717) is 28.0 Å². The van der Waals surface area contributed by atoms with E-state index in [0.717, 1.165) is 0 Å². The minimum Gasteiger partial charge on any atom is -0.508 e. The van der Waals surface area contributed by atoms with Crippen molar-refractivity contribution in [3.05, 3.63) is 64.0 Å². The molecule has 0 aliphatic carbocycles. The maximum absolute atomic E-state index is 12.2. The van der Waals surface area contributed by atoms with Crippen LogP contribution < -0.4 is 20.4 Å². The minimum atomic E-state index is -0.681. The molecule has 0 saturated carbocycles. The first-order chi connectivity index (χ1) is 14.0. The molecule has 3 aromatic rings. The predicted molar refractivity (Wildman–Crippen MR) is 98.8 cm³/mol. The summed E-state index contributed by atoms with van der Waals surface area (Å²) in [6.07, 6.45) is 0. The highest BCUT2D eigenvalue weighted by molar-refractivity contribution is 5.96. The van der Waals surface area contributed by atoms with Gasteiger partial charge in [-0.25, -0.2) is 4.79 Å². The fourth-order valence-corrected chi connectivity index (χ4v) is 2.84. The molecule has 0 fully saturated rings. The molecule has 0 radical (unpaired) electrons. The molecule has 9 nitrogen and oxygen atoms in total. The van der Waals surface area contributed by atoms with Gasteiger partial charge >= 0.3 is 11.6 Å². The van der Waals surface area contributed by atoms with Crippen LogP contribution in [0.3, 0.4) is 0 Å². The average Bonchev–Trinajstić information content (AvgIpc) is 3.17. The zero-order valence-electron chi connectivity index (χ0n) is 15.0. The van der Waals surface area contributed by atoms with Gasteiger partial charge in [-0.1, -0.05) is 0 Å². The molecule has 0 unspecified atom stereocenters. The predicted octanol–water partition coefficient (Wildman–Crippen LogP) is 1.70. The summed E-state index contributed by atoms with van der Waals surface area (Å²) < 4.78 is 20.5. The second kappa shape index (κ2) is 7.55. The maximum Gasteiger partial charge on any atom is 0.336 e. The Hall–Kier alpha value is -4.01. The van der Waals surface area contributed by atoms with Crippen molar-refractivity contribution in [1.29, 1.82) is 0 Å². The van der Waals surface area contributed by atoms with Crippen molar-refractivity contribution in [3.63, 3.8) is 0 Å². The number of carbonyl (C=O) groups excluding carboxylic acids is 2. The number of nitrogens with one attached hydrogen (secondary N) is 1. The van der Waals surface area contributed by atoms with Gasteiger partial charge in [0.1, 0.15) is 24.5 Å². The fourth-order valence-electron chi connectivity index (χ4n) is 2.84. The number of hydrogen-bond donors (Lipinski definition) is 2. The van der Waals surface area contributed by atoms with Crippen molar-refractivity contribution in [2.24, 2.45) is 0 Å². The summed E-state index contributed by atoms with van der Waals surface area (Å²) in [4.78, 5) is 35.8. The third-order valence-corrected chi connectivity index (χ3v) is 4.23. The molecular weight excluding hydrogens is 382 g/mol. The first kappa shape index (κ1) is 18.4. The molecule has 2 aromatic carbocycles. The van der Waals surface area contributed by atoms with Gasteiger partial charge in [0.15, 0.2) is 11.5 Å². The number of ether oxygens (including phenoxy) is 3. The zero-order valence-corrected chi connectivity index (χ0v) is 15.0. The Bertz CT molecular complexity index is 1170. The lowest BCUT2D eigenvalue weighted by atomic mass is 10.1. The summed E-state index contributed by atoms with van der Waals surface area (Å²) in [5, 5.41) is 12.5. The van der Waals surface area contributed by atoms with Gasteiger partial charge in [-0.05, 0) is 30.3 Å². The average molecular weight is 397 g/mol. The van der Waals surface area contributed by atoms with Gasteiger partial charge in [0, 0.05) is 28.6 Å². The summed E-state index contributed by atoms with van der Waals surface area (Å²) in [6, 6.07) is 10.2. The summed E-state index contributed by atoms with van der Waals surface area (Å²) >= 11 is 0. The number of hydrogen-bond acceptors (Lipinski definition) is 8. The highest BCUT2D eigenvalue weighted by Gasteiger charge is 2.17. The van der Waals surface area contributed by atoms with E-state index in [2.05, 4.69) is 5.32 Å². The Labute approximate surface area is 163 Å². The van der Waals surface area contributed by atoms with Crippen molar-refractivity contribution in [2.45, 2.75) is 6.61 Å². The number of amides is 1. The summed E-state index contributed by atoms with van der Waals surface area (Å²) in [5.74, 6) is -0.197. The van der Waals surface area contributed by atoms with Crippen molar-refractivity contribution in [2.75, 3.05) is 13.3 Å². The monoisotopic (exact) mass is 397 g/mol. The quantitative estimate of drug-likeness (QED) is 0.492. The van der Waals surface area contributed by atoms with Crippen LogP contribution in [0, 0.1) is 0 Å². The van der Waals surface area contributed by atoms with Crippen LogP contribution in [0.4, 0.5) is 0 Å². The van der Waals surface area contributed by atoms with Crippen LogP contribution in [0.2, 0.25) is 0 Å². The van der Waals surface area contributed by atoms with Gasteiger partial charge in [0.2, 0.25) is 6.79 Å². The van der Waals surface area contributed by atoms with Crippen molar-refractivity contribution < 1.29 is 33.3 Å². The van der Waals surface area contributed by atoms with Crippen LogP contribution in [0.5, 0.6) is 17.2 Å². The molecule has 4 rings (SSSR count). The largest absolute Gasteiger partial charge is 0.508 e. The van der Waals surface area contributed by atoms with E-state index in [1.165, 1.54) is 24.3 Å². The van der Waals surface area contributed by atoms with Crippen LogP contribution in [-0.4, -0.2) is 30.3 Å². The van der Waals surface area contributed by atoms with E-state index >= 15 is 0 Å². The molecule has 1 amide bonds. The molecule has 1 aliphatic heterocycles. The smallest absolute Gasteiger partial charge is 0.336 e. The highest BCUT2D eigenvalue weighted by atomic mass is 16.7. The SMILES string of the molecule is O=C(CNC(=O)c1ccc2c(c1)OCO2)OCc1cc(=O)oc2cc(O)ccc12. The van der Waals surface area contributed by atoms with E-state index in [-0.39, 0.29) is 31.3 Å². The molecule has 9 heteroatoms. The van der Waals surface area contributed by atoms with E-state index < -0.39 is 17.5 Å². The second-order valence-electron chi connectivity index (χ2n) is 6.18. The number of aromatic hydroxyl groups is 1. The molecule has 29 heavy (non-hydrogen) atoms. The Morgan fingerprint density at radius 2 is 1.90 bits per heavy atom. The van der Waals surface area contributed by atoms with Crippen molar-refractivity contribution >= 4 is 22.8 Å². The van der Waals surface area contributed by atoms with Crippen LogP contribution in [0.1, 0.15) is 15.9 Å². The van der Waals surface area contributed by atoms with E-state index in [4.69, 9.17) is 18.6 Å². The van der Waals surface area contributed by atoms with Crippen LogP contribution in [0.25, 0.3) is 11.0 Å². The first-order valence-electron chi connectivity index (χ1n) is 8.59. The van der Waals surface area contributed by atoms with Crippen LogP contribution in [0.15, 0.2) is 51.7 Å². The molecule has 2 N–H and O–H groups in total. The first-order valence-corrected chi connectivity index (χ1v) is 8.59. The Kier molecular flexibility index (Phi) is 4.78. The standard InChI is InChI=1S/C20H15NO8/c22-13-2-3-14-12(6-18(23)29-16(14)7-13)9-26-19(24)8-21-20(25)11-1-4-15-17(5-11)28-10-27-15/h1-7,22H,8-10H2,(H,21,25). The Balaban J connectivity index is 1.36. The Morgan fingerprint density at radius 1 is 1.07 bits per heavy atom. The van der Waals surface area contributed by atoms with E-state index in [1.54, 1.807) is 18.2 Å². The molecule has 0 spiro atoms. The normalized spacial score (nSPS) is 12.0. The summed E-state index contributed by atoms with van der Waals surface area (Å²) in [6.45, 7) is -0.447. The Morgan fingerprint density at radius 3 is 2.76 bits per heavy atom. The van der Waals surface area contributed by atoms with Gasteiger partial charge in [-0.15, -0.1) is 0 Å². The number of benzene rings is 2. The van der Waals surface area contributed by atoms with E-state index in [9.17, 15) is 19.5 Å². The van der Waals surface area contributed by atoms with Gasteiger partial charge < -0.3 is 29.1 Å². The molecular formula is C20H15NO8. The highest BCUT2D eigenvalue weighted by Crippen LogP contribution is 2.32. The van der Waals surface area contributed by atoms with Gasteiger partial charge in [-0.3, -0.25) is 9.59 Å². The number of carbonyl (C=O) groups is 2. The van der Waals surface area contributed by atoms with Gasteiger partial charge in [-0.2, -0.15) is 0 Å². The maximum atomic E-state index is 12.2. The van der Waals surface area contributed by atoms with Crippen molar-refractivity contribution in [1.82, 2.24) is 5.32 Å². The number of phenols is 1. The lowest BCUT2D eigenvalue weighted by molar-refractivity contribution is -0.143. The molecule has 0 atom stereocenters. The number of phenolic OH excluding ortho intramolecular Hbond substituents is 1. The molecule has 2 heterocycles. The lowest BCUT2D eigenvalue weighted by Crippen LogP contribution is -2.30. The fraction of sp³-hybridized carbons (Fsp3) is 0.150. The second-order valence-corrected chi connectivity index (χ2v) is 6.18. The zero-order chi connectivity index (χ0) is 20.4. The van der Waals surface area contributed by atoms with Crippen molar-refractivity contribution in [3.8, 4) is 17.2 Å². The number of esters is 1. The van der Waals surface area contributed by atoms with Crippen LogP contribution in [-0.2, 0) is 16.1 Å². The molecule has 0 saturated heterocycles.